The van der Waals surface area contributed by atoms with Gasteiger partial charge in [0.25, 0.3) is 0 Å². The van der Waals surface area contributed by atoms with Crippen LogP contribution in [0.5, 0.6) is 5.75 Å². The van der Waals surface area contributed by atoms with Gasteiger partial charge in [-0.3, -0.25) is 0 Å². The summed E-state index contributed by atoms with van der Waals surface area (Å²) >= 11 is 0. The van der Waals surface area contributed by atoms with Crippen molar-refractivity contribution >= 4 is 0 Å². The van der Waals surface area contributed by atoms with Gasteiger partial charge in [-0.05, 0) is 68.2 Å². The monoisotopic (exact) mass is 311 g/mol. The Labute approximate surface area is 140 Å². The van der Waals surface area contributed by atoms with Crippen LogP contribution in [0.3, 0.4) is 0 Å². The van der Waals surface area contributed by atoms with Gasteiger partial charge in [0.2, 0.25) is 0 Å². The first-order valence-electron chi connectivity index (χ1n) is 9.43. The molecule has 2 nitrogen and oxygen atoms in total. The van der Waals surface area contributed by atoms with Crippen molar-refractivity contribution in [3.63, 3.8) is 0 Å². The van der Waals surface area contributed by atoms with E-state index >= 15 is 0 Å². The number of ether oxygens (including phenoxy) is 1. The van der Waals surface area contributed by atoms with Crippen molar-refractivity contribution < 1.29 is 4.74 Å². The van der Waals surface area contributed by atoms with Gasteiger partial charge in [-0.2, -0.15) is 0 Å². The van der Waals surface area contributed by atoms with Crippen molar-refractivity contribution in [1.29, 1.82) is 0 Å². The van der Waals surface area contributed by atoms with Gasteiger partial charge in [-0.25, -0.2) is 0 Å². The third kappa shape index (κ3) is 1.31. The molecule has 23 heavy (non-hydrogen) atoms. The minimum Gasteiger partial charge on any atom is -0.489 e. The number of likely N-dealkylation sites (tertiary alicyclic amines) is 1. The van der Waals surface area contributed by atoms with Gasteiger partial charge in [0, 0.05) is 17.0 Å². The second-order valence-corrected chi connectivity index (χ2v) is 8.98. The number of piperidine rings is 1. The van der Waals surface area contributed by atoms with Crippen molar-refractivity contribution in [2.24, 2.45) is 11.3 Å². The Hall–Kier alpha value is -1.02. The molecule has 3 unspecified atom stereocenters. The van der Waals surface area contributed by atoms with E-state index in [2.05, 4.69) is 51.8 Å². The minimum atomic E-state index is 0.255. The molecule has 1 saturated heterocycles. The summed E-state index contributed by atoms with van der Waals surface area (Å²) in [5, 5.41) is 0. The van der Waals surface area contributed by atoms with E-state index < -0.39 is 0 Å². The predicted molar refractivity (Wildman–Crippen MR) is 93.2 cm³/mol. The number of nitrogens with zero attached hydrogens (tertiary/aromatic N) is 1. The Morgan fingerprint density at radius 3 is 2.78 bits per heavy atom. The van der Waals surface area contributed by atoms with Crippen LogP contribution in [0.25, 0.3) is 0 Å². The number of rotatable bonds is 0. The standard InChI is InChI=1S/C21H29NO/c1-12-6-8-15-14(3)19-20(4)13(2)7-9-16-21(20,10-11-22(19)5)17(15)18(12)23-16/h6,8,13-14,16,19H,7,9-11H2,1-5H3/t13?,14?,16-,19-,20?,21+/m0/s1. The van der Waals surface area contributed by atoms with E-state index in [1.165, 1.54) is 37.1 Å². The molecule has 0 radical (unpaired) electrons. The average molecular weight is 311 g/mol. The summed E-state index contributed by atoms with van der Waals surface area (Å²) in [4.78, 5) is 2.66. The first-order valence-corrected chi connectivity index (χ1v) is 9.43. The summed E-state index contributed by atoms with van der Waals surface area (Å²) in [7, 11) is 2.35. The molecule has 2 bridgehead atoms. The Kier molecular flexibility index (Phi) is 2.58. The number of hydrogen-bond donors (Lipinski definition) is 0. The van der Waals surface area contributed by atoms with Crippen LogP contribution in [0.1, 0.15) is 62.6 Å². The molecule has 0 N–H and O–H groups in total. The molecule has 0 amide bonds. The molecule has 1 saturated carbocycles. The van der Waals surface area contributed by atoms with E-state index in [0.717, 1.165) is 5.92 Å². The van der Waals surface area contributed by atoms with Crippen LogP contribution in [0.2, 0.25) is 0 Å². The second-order valence-electron chi connectivity index (χ2n) is 8.98. The fourth-order valence-corrected chi connectivity index (χ4v) is 7.29. The first kappa shape index (κ1) is 14.3. The highest BCUT2D eigenvalue weighted by molar-refractivity contribution is 5.60. The van der Waals surface area contributed by atoms with E-state index in [1.54, 1.807) is 11.1 Å². The molecule has 0 aromatic heterocycles. The lowest BCUT2D eigenvalue weighted by Gasteiger charge is -2.68. The average Bonchev–Trinajstić information content (AvgIpc) is 2.85. The van der Waals surface area contributed by atoms with E-state index in [9.17, 15) is 0 Å². The molecule has 6 atom stereocenters. The molecular weight excluding hydrogens is 282 g/mol. The summed E-state index contributed by atoms with van der Waals surface area (Å²) in [5.41, 5.74) is 5.12. The Morgan fingerprint density at radius 2 is 2.00 bits per heavy atom. The van der Waals surface area contributed by atoms with Gasteiger partial charge in [0.05, 0.1) is 0 Å². The molecule has 2 aliphatic carbocycles. The van der Waals surface area contributed by atoms with Gasteiger partial charge in [0.15, 0.2) is 0 Å². The van der Waals surface area contributed by atoms with Crippen LogP contribution in [-0.2, 0) is 5.41 Å². The molecule has 2 heteroatoms. The molecule has 5 rings (SSSR count). The zero-order valence-corrected chi connectivity index (χ0v) is 15.1. The number of likely N-dealkylation sites (N-methyl/N-ethyl adjacent to an activating group) is 1. The zero-order valence-electron chi connectivity index (χ0n) is 15.1. The fourth-order valence-electron chi connectivity index (χ4n) is 7.29. The van der Waals surface area contributed by atoms with Gasteiger partial charge in [-0.1, -0.05) is 32.9 Å². The van der Waals surface area contributed by atoms with Crippen molar-refractivity contribution in [3.05, 3.63) is 28.8 Å². The lowest BCUT2D eigenvalue weighted by atomic mass is 9.40. The van der Waals surface area contributed by atoms with Crippen LogP contribution in [-0.4, -0.2) is 30.6 Å². The van der Waals surface area contributed by atoms with Crippen LogP contribution in [0.4, 0.5) is 0 Å². The van der Waals surface area contributed by atoms with Gasteiger partial charge in [0.1, 0.15) is 11.9 Å². The molecule has 2 aliphatic heterocycles. The molecule has 124 valence electrons. The van der Waals surface area contributed by atoms with Crippen LogP contribution in [0, 0.1) is 18.3 Å². The molecule has 4 aliphatic rings. The summed E-state index contributed by atoms with van der Waals surface area (Å²) in [6, 6.07) is 5.34. The lowest BCUT2D eigenvalue weighted by molar-refractivity contribution is -0.143. The third-order valence-electron chi connectivity index (χ3n) is 8.40. The molecule has 1 aromatic rings. The van der Waals surface area contributed by atoms with Crippen molar-refractivity contribution in [2.45, 2.75) is 70.4 Å². The SMILES string of the molecule is Cc1ccc2c3c1O[C@H]1CCC(C)C4(C)[C@H](C2C)N(C)CC[C@]314. The quantitative estimate of drug-likeness (QED) is 0.710. The van der Waals surface area contributed by atoms with Crippen LogP contribution in [0.15, 0.2) is 12.1 Å². The summed E-state index contributed by atoms with van der Waals surface area (Å²) < 4.78 is 6.69. The highest BCUT2D eigenvalue weighted by atomic mass is 16.5. The third-order valence-corrected chi connectivity index (χ3v) is 8.40. The van der Waals surface area contributed by atoms with E-state index in [1.807, 2.05) is 0 Å². The number of hydrogen-bond acceptors (Lipinski definition) is 2. The fraction of sp³-hybridized carbons (Fsp3) is 0.714. The highest BCUT2D eigenvalue weighted by Crippen LogP contribution is 2.71. The maximum atomic E-state index is 6.69. The maximum Gasteiger partial charge on any atom is 0.126 e. The zero-order chi connectivity index (χ0) is 16.1. The Morgan fingerprint density at radius 1 is 1.22 bits per heavy atom. The highest BCUT2D eigenvalue weighted by Gasteiger charge is 2.71. The number of benzene rings is 1. The lowest BCUT2D eigenvalue weighted by Crippen LogP contribution is -2.72. The normalized spacial score (nSPS) is 47.2. The predicted octanol–water partition coefficient (Wildman–Crippen LogP) is 4.25. The molecule has 1 aromatic carbocycles. The van der Waals surface area contributed by atoms with E-state index in [4.69, 9.17) is 4.74 Å². The van der Waals surface area contributed by atoms with E-state index in [0.29, 0.717) is 23.5 Å². The largest absolute Gasteiger partial charge is 0.489 e. The molecular formula is C21H29NO. The Balaban J connectivity index is 1.90. The number of aryl methyl sites for hydroxylation is 1. The smallest absolute Gasteiger partial charge is 0.126 e. The molecule has 1 spiro atoms. The summed E-state index contributed by atoms with van der Waals surface area (Å²) in [5.74, 6) is 2.61. The van der Waals surface area contributed by atoms with Crippen LogP contribution < -0.4 is 4.74 Å². The summed E-state index contributed by atoms with van der Waals surface area (Å²) in [6.45, 7) is 11.0. The van der Waals surface area contributed by atoms with Gasteiger partial charge in [-0.15, -0.1) is 0 Å². The van der Waals surface area contributed by atoms with E-state index in [-0.39, 0.29) is 5.41 Å². The maximum absolute atomic E-state index is 6.69. The van der Waals surface area contributed by atoms with Crippen molar-refractivity contribution in [1.82, 2.24) is 4.90 Å². The molecule has 2 fully saturated rings. The van der Waals surface area contributed by atoms with Crippen LogP contribution >= 0.6 is 0 Å². The second kappa shape index (κ2) is 4.14. The van der Waals surface area contributed by atoms with Crippen molar-refractivity contribution in [3.8, 4) is 5.75 Å². The Bertz CT molecular complexity index is 697. The van der Waals surface area contributed by atoms with Gasteiger partial charge >= 0.3 is 0 Å². The topological polar surface area (TPSA) is 12.5 Å². The first-order chi connectivity index (χ1) is 10.9. The van der Waals surface area contributed by atoms with Crippen molar-refractivity contribution in [2.75, 3.05) is 13.6 Å². The summed E-state index contributed by atoms with van der Waals surface area (Å²) in [6.07, 6.45) is 4.21. The minimum absolute atomic E-state index is 0.255. The molecule has 2 heterocycles. The van der Waals surface area contributed by atoms with Gasteiger partial charge < -0.3 is 9.64 Å².